The van der Waals surface area contributed by atoms with Crippen LogP contribution in [0.25, 0.3) is 0 Å². The van der Waals surface area contributed by atoms with Gasteiger partial charge >= 0.3 is 0 Å². The van der Waals surface area contributed by atoms with Crippen LogP contribution in [0.5, 0.6) is 0 Å². The quantitative estimate of drug-likeness (QED) is 0.613. The lowest BCUT2D eigenvalue weighted by Crippen LogP contribution is -2.49. The van der Waals surface area contributed by atoms with E-state index in [2.05, 4.69) is 34.4 Å². The Kier molecular flexibility index (Phi) is 6.14. The molecule has 4 nitrogen and oxygen atoms in total. The molecule has 0 spiro atoms. The van der Waals surface area contributed by atoms with E-state index in [1.54, 1.807) is 0 Å². The van der Waals surface area contributed by atoms with Gasteiger partial charge in [0, 0.05) is 25.7 Å². The molecule has 0 radical (unpaired) electrons. The monoisotopic (exact) mass is 280 g/mol. The highest BCUT2D eigenvalue weighted by Gasteiger charge is 2.21. The van der Waals surface area contributed by atoms with E-state index >= 15 is 0 Å². The van der Waals surface area contributed by atoms with Crippen LogP contribution in [0, 0.1) is 5.92 Å². The van der Waals surface area contributed by atoms with E-state index in [0.29, 0.717) is 12.1 Å². The first-order valence-corrected chi connectivity index (χ1v) is 8.40. The van der Waals surface area contributed by atoms with Crippen LogP contribution in [0.2, 0.25) is 0 Å². The number of guanidine groups is 1. The van der Waals surface area contributed by atoms with Crippen molar-refractivity contribution in [2.75, 3.05) is 26.7 Å². The molecule has 116 valence electrons. The normalized spacial score (nSPS) is 24.9. The molecule has 1 aliphatic carbocycles. The number of hydrogen-bond donors (Lipinski definition) is 2. The van der Waals surface area contributed by atoms with Gasteiger partial charge in [0.2, 0.25) is 0 Å². The van der Waals surface area contributed by atoms with Gasteiger partial charge in [0.25, 0.3) is 0 Å². The Labute approximate surface area is 124 Å². The summed E-state index contributed by atoms with van der Waals surface area (Å²) in [6.07, 6.45) is 7.99. The van der Waals surface area contributed by atoms with E-state index in [4.69, 9.17) is 0 Å². The van der Waals surface area contributed by atoms with Crippen molar-refractivity contribution < 1.29 is 0 Å². The van der Waals surface area contributed by atoms with Gasteiger partial charge in [-0.15, -0.1) is 0 Å². The molecule has 4 heteroatoms. The van der Waals surface area contributed by atoms with Crippen molar-refractivity contribution >= 4 is 5.96 Å². The highest BCUT2D eigenvalue weighted by Crippen LogP contribution is 2.18. The van der Waals surface area contributed by atoms with E-state index in [1.165, 1.54) is 51.6 Å². The van der Waals surface area contributed by atoms with E-state index in [-0.39, 0.29) is 0 Å². The zero-order valence-corrected chi connectivity index (χ0v) is 13.5. The maximum atomic E-state index is 4.36. The lowest BCUT2D eigenvalue weighted by Gasteiger charge is -2.35. The molecule has 2 N–H and O–H groups in total. The molecule has 1 saturated carbocycles. The van der Waals surface area contributed by atoms with Crippen molar-refractivity contribution in [2.45, 2.75) is 64.5 Å². The molecule has 0 bridgehead atoms. The Balaban J connectivity index is 1.69. The maximum Gasteiger partial charge on any atom is 0.191 e. The lowest BCUT2D eigenvalue weighted by molar-refractivity contribution is 0.147. The Bertz CT molecular complexity index is 302. The first kappa shape index (κ1) is 15.6. The molecule has 1 atom stereocenters. The van der Waals surface area contributed by atoms with Gasteiger partial charge in [-0.25, -0.2) is 0 Å². The van der Waals surface area contributed by atoms with Crippen LogP contribution in [0.3, 0.4) is 0 Å². The summed E-state index contributed by atoms with van der Waals surface area (Å²) in [5.41, 5.74) is 0. The fraction of sp³-hybridized carbons (Fsp3) is 0.938. The van der Waals surface area contributed by atoms with Crippen LogP contribution in [0.15, 0.2) is 4.99 Å². The van der Waals surface area contributed by atoms with Crippen LogP contribution in [-0.4, -0.2) is 49.6 Å². The Morgan fingerprint density at radius 3 is 2.45 bits per heavy atom. The molecule has 1 aliphatic heterocycles. The van der Waals surface area contributed by atoms with Crippen molar-refractivity contribution in [3.8, 4) is 0 Å². The van der Waals surface area contributed by atoms with Gasteiger partial charge in [0.15, 0.2) is 5.96 Å². The molecule has 2 fully saturated rings. The van der Waals surface area contributed by atoms with Crippen molar-refractivity contribution in [3.63, 3.8) is 0 Å². The second-order valence-electron chi connectivity index (χ2n) is 6.65. The summed E-state index contributed by atoms with van der Waals surface area (Å²) in [4.78, 5) is 6.96. The fourth-order valence-corrected chi connectivity index (χ4v) is 3.30. The Morgan fingerprint density at radius 2 is 1.85 bits per heavy atom. The van der Waals surface area contributed by atoms with Gasteiger partial charge in [-0.05, 0) is 51.6 Å². The van der Waals surface area contributed by atoms with Gasteiger partial charge in [-0.1, -0.05) is 19.8 Å². The van der Waals surface area contributed by atoms with Gasteiger partial charge in [0.1, 0.15) is 0 Å². The number of piperidine rings is 1. The zero-order chi connectivity index (χ0) is 14.4. The summed E-state index contributed by atoms with van der Waals surface area (Å²) in [6, 6.07) is 1.22. The molecule has 1 unspecified atom stereocenters. The zero-order valence-electron chi connectivity index (χ0n) is 13.5. The molecule has 2 aliphatic rings. The van der Waals surface area contributed by atoms with Crippen molar-refractivity contribution in [1.29, 1.82) is 0 Å². The first-order valence-electron chi connectivity index (χ1n) is 8.40. The topological polar surface area (TPSA) is 39.7 Å². The molecule has 0 amide bonds. The van der Waals surface area contributed by atoms with Crippen molar-refractivity contribution in [3.05, 3.63) is 0 Å². The minimum atomic E-state index is 0.588. The van der Waals surface area contributed by atoms with Crippen LogP contribution < -0.4 is 10.6 Å². The van der Waals surface area contributed by atoms with Gasteiger partial charge < -0.3 is 10.6 Å². The van der Waals surface area contributed by atoms with Gasteiger partial charge in [0.05, 0.1) is 0 Å². The molecule has 0 aromatic carbocycles. The first-order chi connectivity index (χ1) is 9.69. The summed E-state index contributed by atoms with van der Waals surface area (Å²) < 4.78 is 0. The van der Waals surface area contributed by atoms with E-state index in [1.807, 2.05) is 7.05 Å². The third-order valence-electron chi connectivity index (χ3n) is 4.93. The van der Waals surface area contributed by atoms with E-state index < -0.39 is 0 Å². The molecule has 0 aromatic heterocycles. The summed E-state index contributed by atoms with van der Waals surface area (Å²) in [6.45, 7) is 8.18. The van der Waals surface area contributed by atoms with Gasteiger partial charge in [-0.2, -0.15) is 0 Å². The molecule has 0 aromatic rings. The fourth-order valence-electron chi connectivity index (χ4n) is 3.30. The van der Waals surface area contributed by atoms with Crippen LogP contribution in [0.4, 0.5) is 0 Å². The van der Waals surface area contributed by atoms with Crippen LogP contribution in [-0.2, 0) is 0 Å². The second kappa shape index (κ2) is 7.87. The van der Waals surface area contributed by atoms with Gasteiger partial charge in [-0.3, -0.25) is 9.89 Å². The smallest absolute Gasteiger partial charge is 0.191 e. The molecule has 20 heavy (non-hydrogen) atoms. The Hall–Kier alpha value is -0.770. The lowest BCUT2D eigenvalue weighted by atomic mass is 9.98. The number of hydrogen-bond acceptors (Lipinski definition) is 2. The van der Waals surface area contributed by atoms with Crippen molar-refractivity contribution in [1.82, 2.24) is 15.5 Å². The summed E-state index contributed by atoms with van der Waals surface area (Å²) in [5, 5.41) is 7.05. The third kappa shape index (κ3) is 4.65. The molecule has 2 rings (SSSR count). The average molecular weight is 280 g/mol. The van der Waals surface area contributed by atoms with Crippen molar-refractivity contribution in [2.24, 2.45) is 10.9 Å². The molecule has 1 saturated heterocycles. The standard InChI is InChI=1S/C16H32N4/c1-13-8-10-20(11-9-13)14(2)12-18-16(17-3)19-15-6-4-5-7-15/h13-15H,4-12H2,1-3H3,(H2,17,18,19). The number of likely N-dealkylation sites (tertiary alicyclic amines) is 1. The van der Waals surface area contributed by atoms with Crippen LogP contribution >= 0.6 is 0 Å². The molecular formula is C16H32N4. The summed E-state index contributed by atoms with van der Waals surface area (Å²) in [7, 11) is 1.87. The summed E-state index contributed by atoms with van der Waals surface area (Å²) in [5.74, 6) is 1.89. The number of nitrogens with one attached hydrogen (secondary N) is 2. The number of rotatable bonds is 4. The number of nitrogens with zero attached hydrogens (tertiary/aromatic N) is 2. The average Bonchev–Trinajstić information content (AvgIpc) is 2.96. The number of aliphatic imine (C=N–C) groups is 1. The van der Waals surface area contributed by atoms with E-state index in [9.17, 15) is 0 Å². The minimum absolute atomic E-state index is 0.588. The Morgan fingerprint density at radius 1 is 1.20 bits per heavy atom. The predicted molar refractivity (Wildman–Crippen MR) is 86.2 cm³/mol. The maximum absolute atomic E-state index is 4.36. The third-order valence-corrected chi connectivity index (χ3v) is 4.93. The second-order valence-corrected chi connectivity index (χ2v) is 6.65. The molecular weight excluding hydrogens is 248 g/mol. The highest BCUT2D eigenvalue weighted by atomic mass is 15.2. The van der Waals surface area contributed by atoms with Crippen LogP contribution in [0.1, 0.15) is 52.4 Å². The summed E-state index contributed by atoms with van der Waals surface area (Å²) >= 11 is 0. The largest absolute Gasteiger partial charge is 0.355 e. The van der Waals surface area contributed by atoms with E-state index in [0.717, 1.165) is 18.4 Å². The highest BCUT2D eigenvalue weighted by molar-refractivity contribution is 5.80. The predicted octanol–water partition coefficient (Wildman–Crippen LogP) is 2.21. The molecule has 1 heterocycles. The minimum Gasteiger partial charge on any atom is -0.355 e. The SMILES string of the molecule is CN=C(NCC(C)N1CCC(C)CC1)NC1CCCC1.